The zero-order valence-electron chi connectivity index (χ0n) is 14.7. The lowest BCUT2D eigenvalue weighted by Crippen LogP contribution is -2.27. The van der Waals surface area contributed by atoms with Crippen LogP contribution in [0.1, 0.15) is 11.3 Å². The van der Waals surface area contributed by atoms with Gasteiger partial charge in [-0.05, 0) is 48.2 Å². The van der Waals surface area contributed by atoms with Crippen LogP contribution in [-0.2, 0) is 11.3 Å². The van der Waals surface area contributed by atoms with Gasteiger partial charge in [-0.15, -0.1) is 0 Å². The molecule has 0 atom stereocenters. The summed E-state index contributed by atoms with van der Waals surface area (Å²) in [5.41, 5.74) is 0.962. The molecule has 2 aromatic carbocycles. The standard InChI is InChI=1S/C21H12Cl2FNO3S/c22-14-7-13(8-15(23)9-14)18-6-5-16(28-18)10-19-20(26)25(21(27)29-19)11-12-3-1-2-4-17(12)24/h1-10H,11H2/b19-10-. The number of furan rings is 1. The molecular formula is C21H12Cl2FNO3S. The Morgan fingerprint density at radius 3 is 2.48 bits per heavy atom. The van der Waals surface area contributed by atoms with Crippen molar-refractivity contribution in [3.05, 3.63) is 86.7 Å². The van der Waals surface area contributed by atoms with Gasteiger partial charge < -0.3 is 4.42 Å². The van der Waals surface area contributed by atoms with E-state index >= 15 is 0 Å². The van der Waals surface area contributed by atoms with Crippen LogP contribution in [0.25, 0.3) is 17.4 Å². The lowest BCUT2D eigenvalue weighted by atomic mass is 10.2. The number of thioether (sulfide) groups is 1. The predicted molar refractivity (Wildman–Crippen MR) is 112 cm³/mol. The third-order valence-electron chi connectivity index (χ3n) is 4.21. The van der Waals surface area contributed by atoms with Crippen molar-refractivity contribution >= 4 is 52.2 Å². The van der Waals surface area contributed by atoms with Gasteiger partial charge in [-0.25, -0.2) is 4.39 Å². The van der Waals surface area contributed by atoms with Crippen LogP contribution in [0.3, 0.4) is 0 Å². The molecule has 0 bridgehead atoms. The predicted octanol–water partition coefficient (Wildman–Crippen LogP) is 6.63. The highest BCUT2D eigenvalue weighted by Crippen LogP contribution is 2.35. The minimum atomic E-state index is -0.494. The van der Waals surface area contributed by atoms with E-state index in [1.807, 2.05) is 0 Å². The Bertz CT molecular complexity index is 1140. The first-order valence-electron chi connectivity index (χ1n) is 8.46. The smallest absolute Gasteiger partial charge is 0.293 e. The summed E-state index contributed by atoms with van der Waals surface area (Å²) in [5.74, 6) is -0.0443. The van der Waals surface area contributed by atoms with Crippen molar-refractivity contribution in [1.29, 1.82) is 0 Å². The SMILES string of the molecule is O=C1S/C(=C\c2ccc(-c3cc(Cl)cc(Cl)c3)o2)C(=O)N1Cc1ccccc1F. The average Bonchev–Trinajstić information content (AvgIpc) is 3.23. The number of hydrogen-bond donors (Lipinski definition) is 0. The lowest BCUT2D eigenvalue weighted by Gasteiger charge is -2.12. The Kier molecular flexibility index (Phi) is 5.50. The van der Waals surface area contributed by atoms with E-state index in [2.05, 4.69) is 0 Å². The van der Waals surface area contributed by atoms with Crippen molar-refractivity contribution in [2.75, 3.05) is 0 Å². The van der Waals surface area contributed by atoms with E-state index in [-0.39, 0.29) is 17.0 Å². The summed E-state index contributed by atoms with van der Waals surface area (Å²) in [6, 6.07) is 14.5. The number of hydrogen-bond acceptors (Lipinski definition) is 4. The summed E-state index contributed by atoms with van der Waals surface area (Å²) in [4.78, 5) is 26.1. The highest BCUT2D eigenvalue weighted by atomic mass is 35.5. The summed E-state index contributed by atoms with van der Waals surface area (Å²) >= 11 is 12.8. The molecule has 1 fully saturated rings. The Morgan fingerprint density at radius 1 is 1.03 bits per heavy atom. The molecule has 1 aromatic heterocycles. The quantitative estimate of drug-likeness (QED) is 0.421. The van der Waals surface area contributed by atoms with Crippen LogP contribution < -0.4 is 0 Å². The molecule has 1 saturated heterocycles. The highest BCUT2D eigenvalue weighted by molar-refractivity contribution is 8.18. The maximum absolute atomic E-state index is 13.9. The first-order chi connectivity index (χ1) is 13.9. The highest BCUT2D eigenvalue weighted by Gasteiger charge is 2.35. The van der Waals surface area contributed by atoms with Crippen molar-refractivity contribution in [2.24, 2.45) is 0 Å². The molecule has 0 unspecified atom stereocenters. The van der Waals surface area contributed by atoms with E-state index in [9.17, 15) is 14.0 Å². The van der Waals surface area contributed by atoms with E-state index < -0.39 is 17.0 Å². The van der Waals surface area contributed by atoms with Gasteiger partial charge in [0.1, 0.15) is 17.3 Å². The first-order valence-corrected chi connectivity index (χ1v) is 10.0. The average molecular weight is 448 g/mol. The molecule has 0 N–H and O–H groups in total. The van der Waals surface area contributed by atoms with Crippen LogP contribution in [0.5, 0.6) is 0 Å². The molecule has 146 valence electrons. The maximum Gasteiger partial charge on any atom is 0.293 e. The fraction of sp³-hybridized carbons (Fsp3) is 0.0476. The van der Waals surface area contributed by atoms with Gasteiger partial charge in [-0.2, -0.15) is 0 Å². The van der Waals surface area contributed by atoms with Crippen molar-refractivity contribution < 1.29 is 18.4 Å². The van der Waals surface area contributed by atoms with Crippen LogP contribution >= 0.6 is 35.0 Å². The molecule has 8 heteroatoms. The second kappa shape index (κ2) is 8.06. The second-order valence-corrected chi connectivity index (χ2v) is 8.09. The summed E-state index contributed by atoms with van der Waals surface area (Å²) in [6.45, 7) is -0.126. The molecule has 3 aromatic rings. The van der Waals surface area contributed by atoms with Crippen LogP contribution in [0.2, 0.25) is 10.0 Å². The first kappa shape index (κ1) is 19.8. The fourth-order valence-corrected chi connectivity index (χ4v) is 4.19. The van der Waals surface area contributed by atoms with Crippen LogP contribution in [0.15, 0.2) is 63.9 Å². The second-order valence-electron chi connectivity index (χ2n) is 6.22. The van der Waals surface area contributed by atoms with Gasteiger partial charge in [0.2, 0.25) is 0 Å². The molecule has 1 aliphatic heterocycles. The Hall–Kier alpha value is -2.54. The van der Waals surface area contributed by atoms with Crippen molar-refractivity contribution in [3.63, 3.8) is 0 Å². The van der Waals surface area contributed by atoms with E-state index in [0.717, 1.165) is 16.7 Å². The van der Waals surface area contributed by atoms with Gasteiger partial charge in [0.25, 0.3) is 11.1 Å². The number of carbonyl (C=O) groups is 2. The molecule has 0 spiro atoms. The molecule has 0 saturated carbocycles. The Labute approximate surface area is 179 Å². The van der Waals surface area contributed by atoms with Crippen LogP contribution in [0, 0.1) is 5.82 Å². The maximum atomic E-state index is 13.9. The van der Waals surface area contributed by atoms with E-state index in [0.29, 0.717) is 27.1 Å². The number of benzene rings is 2. The normalized spacial score (nSPS) is 15.6. The van der Waals surface area contributed by atoms with Crippen molar-refractivity contribution in [1.82, 2.24) is 4.90 Å². The zero-order valence-corrected chi connectivity index (χ0v) is 17.0. The molecule has 4 nitrogen and oxygen atoms in total. The minimum absolute atomic E-state index is 0.126. The number of halogens is 3. The summed E-state index contributed by atoms with van der Waals surface area (Å²) in [5, 5.41) is 0.484. The fourth-order valence-electron chi connectivity index (χ4n) is 2.84. The van der Waals surface area contributed by atoms with E-state index in [4.69, 9.17) is 27.6 Å². The molecule has 4 rings (SSSR count). The summed E-state index contributed by atoms with van der Waals surface area (Å²) in [7, 11) is 0. The lowest BCUT2D eigenvalue weighted by molar-refractivity contribution is -0.123. The largest absolute Gasteiger partial charge is 0.457 e. The third kappa shape index (κ3) is 4.24. The van der Waals surface area contributed by atoms with Crippen LogP contribution in [-0.4, -0.2) is 16.0 Å². The molecular weight excluding hydrogens is 436 g/mol. The Balaban J connectivity index is 1.56. The van der Waals surface area contributed by atoms with Gasteiger partial charge in [-0.1, -0.05) is 41.4 Å². The number of carbonyl (C=O) groups excluding carboxylic acids is 2. The number of rotatable bonds is 4. The molecule has 29 heavy (non-hydrogen) atoms. The zero-order chi connectivity index (χ0) is 20.5. The van der Waals surface area contributed by atoms with Gasteiger partial charge >= 0.3 is 0 Å². The molecule has 1 aliphatic rings. The van der Waals surface area contributed by atoms with Crippen molar-refractivity contribution in [3.8, 4) is 11.3 Å². The number of amides is 2. The van der Waals surface area contributed by atoms with Crippen molar-refractivity contribution in [2.45, 2.75) is 6.54 Å². The monoisotopic (exact) mass is 447 g/mol. The third-order valence-corrected chi connectivity index (χ3v) is 5.55. The van der Waals surface area contributed by atoms with Crippen LogP contribution in [0.4, 0.5) is 9.18 Å². The van der Waals surface area contributed by atoms with Gasteiger partial charge in [0, 0.05) is 27.2 Å². The summed E-state index contributed by atoms with van der Waals surface area (Å²) in [6.07, 6.45) is 1.49. The molecule has 0 aliphatic carbocycles. The number of nitrogens with zero attached hydrogens (tertiary/aromatic N) is 1. The van der Waals surface area contributed by atoms with E-state index in [1.54, 1.807) is 42.5 Å². The van der Waals surface area contributed by atoms with Gasteiger partial charge in [0.05, 0.1) is 11.4 Å². The molecule has 2 amide bonds. The van der Waals surface area contributed by atoms with Gasteiger partial charge in [-0.3, -0.25) is 14.5 Å². The van der Waals surface area contributed by atoms with Gasteiger partial charge in [0.15, 0.2) is 0 Å². The van der Waals surface area contributed by atoms with E-state index in [1.165, 1.54) is 18.2 Å². The molecule has 0 radical (unpaired) electrons. The Morgan fingerprint density at radius 2 is 1.76 bits per heavy atom. The topological polar surface area (TPSA) is 50.5 Å². The number of imide groups is 1. The molecule has 2 heterocycles. The summed E-state index contributed by atoms with van der Waals surface area (Å²) < 4.78 is 19.6. The minimum Gasteiger partial charge on any atom is -0.457 e.